The largest absolute Gasteiger partial charge is 0.479 e. The van der Waals surface area contributed by atoms with Crippen LogP contribution in [-0.4, -0.2) is 57.9 Å². The van der Waals surface area contributed by atoms with Gasteiger partial charge in [-0.25, -0.2) is 0 Å². The topological polar surface area (TPSA) is 117 Å². The summed E-state index contributed by atoms with van der Waals surface area (Å²) in [5.74, 6) is 0.999. The first kappa shape index (κ1) is 29.0. The summed E-state index contributed by atoms with van der Waals surface area (Å²) < 4.78 is 28.0. The molecule has 1 aromatic carbocycles. The molecule has 11 heteroatoms. The Morgan fingerprint density at radius 2 is 1.74 bits per heavy atom. The van der Waals surface area contributed by atoms with Crippen molar-refractivity contribution in [2.75, 3.05) is 44.6 Å². The summed E-state index contributed by atoms with van der Waals surface area (Å²) in [5.41, 5.74) is 1.16. The van der Waals surface area contributed by atoms with Gasteiger partial charge in [0.2, 0.25) is 17.7 Å². The Bertz CT molecular complexity index is 1200. The highest BCUT2D eigenvalue weighted by atomic mass is 28.3. The Balaban J connectivity index is 1.71. The summed E-state index contributed by atoms with van der Waals surface area (Å²) in [6, 6.07) is 9.37. The lowest BCUT2D eigenvalue weighted by Crippen LogP contribution is -2.37. The minimum Gasteiger partial charge on any atom is -0.479 e. The molecule has 0 atom stereocenters. The third-order valence-electron chi connectivity index (χ3n) is 5.71. The van der Waals surface area contributed by atoms with Gasteiger partial charge in [-0.2, -0.15) is 9.97 Å². The molecule has 3 aromatic rings. The number of anilines is 2. The molecule has 2 heterocycles. The van der Waals surface area contributed by atoms with Crippen molar-refractivity contribution in [3.8, 4) is 23.5 Å². The molecule has 38 heavy (non-hydrogen) atoms. The molecule has 0 spiro atoms. The molecule has 0 unspecified atom stereocenters. The first-order valence-corrected chi connectivity index (χ1v) is 16.2. The Hall–Kier alpha value is -3.57. The number of nitrogens with zero attached hydrogens (tertiary/aromatic N) is 2. The molecule has 0 saturated carbocycles. The first-order valence-electron chi connectivity index (χ1n) is 12.7. The Kier molecular flexibility index (Phi) is 10.1. The van der Waals surface area contributed by atoms with Crippen molar-refractivity contribution in [3.63, 3.8) is 0 Å². The minimum atomic E-state index is -1.52. The van der Waals surface area contributed by atoms with Crippen LogP contribution in [-0.2, 0) is 4.74 Å². The van der Waals surface area contributed by atoms with Gasteiger partial charge in [-0.15, -0.1) is 0 Å². The SMILES string of the molecule is CCCCOCCNc1nc(OC)c(NC(=O)c2ccc(Oc3cc([Si](C)(C)C)ccc3C)o2)c(OC)n1. The molecule has 0 bridgehead atoms. The van der Waals surface area contributed by atoms with Crippen LogP contribution in [0.1, 0.15) is 35.9 Å². The smallest absolute Gasteiger partial charge is 0.291 e. The summed E-state index contributed by atoms with van der Waals surface area (Å²) in [5, 5.41) is 7.06. The van der Waals surface area contributed by atoms with Crippen LogP contribution in [0, 0.1) is 6.92 Å². The van der Waals surface area contributed by atoms with E-state index in [4.69, 9.17) is 23.4 Å². The van der Waals surface area contributed by atoms with Crippen molar-refractivity contribution in [2.45, 2.75) is 46.3 Å². The van der Waals surface area contributed by atoms with Crippen LogP contribution in [0.4, 0.5) is 11.6 Å². The van der Waals surface area contributed by atoms with Gasteiger partial charge in [0.25, 0.3) is 11.9 Å². The van der Waals surface area contributed by atoms with E-state index in [-0.39, 0.29) is 29.2 Å². The predicted molar refractivity (Wildman–Crippen MR) is 150 cm³/mol. The zero-order chi connectivity index (χ0) is 27.7. The highest BCUT2D eigenvalue weighted by Crippen LogP contribution is 2.33. The van der Waals surface area contributed by atoms with Crippen molar-refractivity contribution >= 4 is 30.8 Å². The van der Waals surface area contributed by atoms with Crippen LogP contribution in [0.5, 0.6) is 23.5 Å². The number of carbonyl (C=O) groups excluding carboxylic acids is 1. The Labute approximate surface area is 225 Å². The van der Waals surface area contributed by atoms with Gasteiger partial charge in [-0.3, -0.25) is 4.79 Å². The number of amides is 1. The second kappa shape index (κ2) is 13.3. The molecule has 0 fully saturated rings. The van der Waals surface area contributed by atoms with Crippen molar-refractivity contribution in [1.29, 1.82) is 0 Å². The summed E-state index contributed by atoms with van der Waals surface area (Å²) in [4.78, 5) is 21.7. The van der Waals surface area contributed by atoms with Crippen LogP contribution in [0.25, 0.3) is 0 Å². The van der Waals surface area contributed by atoms with Gasteiger partial charge >= 0.3 is 0 Å². The number of aryl methyl sites for hydroxylation is 1. The van der Waals surface area contributed by atoms with E-state index in [1.54, 1.807) is 6.07 Å². The maximum absolute atomic E-state index is 13.0. The van der Waals surface area contributed by atoms with Gasteiger partial charge in [0, 0.05) is 19.2 Å². The molecule has 2 aromatic heterocycles. The van der Waals surface area contributed by atoms with Gasteiger partial charge in [-0.05, 0) is 31.0 Å². The molecule has 3 rings (SSSR count). The number of benzene rings is 1. The number of aromatic nitrogens is 2. The molecule has 0 aliphatic carbocycles. The number of nitrogens with one attached hydrogen (secondary N) is 2. The lowest BCUT2D eigenvalue weighted by atomic mass is 10.2. The second-order valence-electron chi connectivity index (χ2n) is 9.74. The van der Waals surface area contributed by atoms with Crippen LogP contribution < -0.4 is 30.0 Å². The van der Waals surface area contributed by atoms with Crippen molar-refractivity contribution in [3.05, 3.63) is 41.7 Å². The Morgan fingerprint density at radius 3 is 2.37 bits per heavy atom. The normalized spacial score (nSPS) is 11.2. The number of hydrogen-bond acceptors (Lipinski definition) is 9. The van der Waals surface area contributed by atoms with Crippen LogP contribution in [0.3, 0.4) is 0 Å². The molecular weight excluding hydrogens is 504 g/mol. The maximum atomic E-state index is 13.0. The lowest BCUT2D eigenvalue weighted by Gasteiger charge is -2.18. The summed E-state index contributed by atoms with van der Waals surface area (Å²) >= 11 is 0. The molecule has 0 radical (unpaired) electrons. The number of carbonyl (C=O) groups is 1. The molecule has 2 N–H and O–H groups in total. The minimum absolute atomic E-state index is 0.0505. The molecule has 0 saturated heterocycles. The highest BCUT2D eigenvalue weighted by molar-refractivity contribution is 6.88. The molecular formula is C27H38N4O6Si. The van der Waals surface area contributed by atoms with Crippen LogP contribution >= 0.6 is 0 Å². The molecule has 1 amide bonds. The van der Waals surface area contributed by atoms with E-state index in [0.29, 0.717) is 31.5 Å². The predicted octanol–water partition coefficient (Wildman–Crippen LogP) is 5.21. The summed E-state index contributed by atoms with van der Waals surface area (Å²) in [6.45, 7) is 12.6. The number of unbranched alkanes of at least 4 members (excludes halogenated alkanes) is 1. The van der Waals surface area contributed by atoms with Gasteiger partial charge < -0.3 is 34.0 Å². The lowest BCUT2D eigenvalue weighted by molar-refractivity contribution is 0.0990. The monoisotopic (exact) mass is 542 g/mol. The fourth-order valence-electron chi connectivity index (χ4n) is 3.44. The van der Waals surface area contributed by atoms with E-state index in [2.05, 4.69) is 53.2 Å². The number of ether oxygens (including phenoxy) is 4. The van der Waals surface area contributed by atoms with E-state index < -0.39 is 14.0 Å². The summed E-state index contributed by atoms with van der Waals surface area (Å²) in [7, 11) is 1.38. The van der Waals surface area contributed by atoms with E-state index in [1.165, 1.54) is 25.5 Å². The van der Waals surface area contributed by atoms with Gasteiger partial charge in [0.05, 0.1) is 28.9 Å². The average molecular weight is 543 g/mol. The average Bonchev–Trinajstić information content (AvgIpc) is 3.36. The van der Waals surface area contributed by atoms with Crippen LogP contribution in [0.2, 0.25) is 19.6 Å². The molecule has 0 aliphatic rings. The fraction of sp³-hybridized carbons (Fsp3) is 0.444. The van der Waals surface area contributed by atoms with E-state index >= 15 is 0 Å². The van der Waals surface area contributed by atoms with Crippen LogP contribution in [0.15, 0.2) is 34.7 Å². The molecule has 0 aliphatic heterocycles. The van der Waals surface area contributed by atoms with Crippen molar-refractivity contribution in [2.24, 2.45) is 0 Å². The van der Waals surface area contributed by atoms with Crippen molar-refractivity contribution < 1.29 is 28.2 Å². The van der Waals surface area contributed by atoms with Crippen molar-refractivity contribution in [1.82, 2.24) is 9.97 Å². The van der Waals surface area contributed by atoms with E-state index in [1.807, 2.05) is 19.1 Å². The number of rotatable bonds is 14. The molecule has 10 nitrogen and oxygen atoms in total. The zero-order valence-electron chi connectivity index (χ0n) is 23.3. The summed E-state index contributed by atoms with van der Waals surface area (Å²) in [6.07, 6.45) is 2.10. The zero-order valence-corrected chi connectivity index (χ0v) is 24.3. The highest BCUT2D eigenvalue weighted by Gasteiger charge is 2.22. The fourth-order valence-corrected chi connectivity index (χ4v) is 4.59. The first-order chi connectivity index (χ1) is 18.2. The quantitative estimate of drug-likeness (QED) is 0.209. The Morgan fingerprint density at radius 1 is 1.03 bits per heavy atom. The number of furan rings is 1. The standard InChI is InChI=1S/C27H38N4O6Si/c1-8-9-15-35-16-14-28-27-30-25(33-3)23(26(31-27)34-4)29-24(32)20-12-13-22(36-20)37-21-17-19(38(5,6)7)11-10-18(21)2/h10-13,17H,8-9,14-16H2,1-7H3,(H,29,32)(H,28,30,31). The van der Waals surface area contributed by atoms with Gasteiger partial charge in [-0.1, -0.05) is 50.3 Å². The van der Waals surface area contributed by atoms with Gasteiger partial charge in [0.1, 0.15) is 5.75 Å². The van der Waals surface area contributed by atoms with E-state index in [9.17, 15) is 4.79 Å². The van der Waals surface area contributed by atoms with E-state index in [0.717, 1.165) is 18.4 Å². The van der Waals surface area contributed by atoms with Gasteiger partial charge in [0.15, 0.2) is 11.4 Å². The molecule has 206 valence electrons. The third-order valence-corrected chi connectivity index (χ3v) is 7.75. The number of methoxy groups -OCH3 is 2. The maximum Gasteiger partial charge on any atom is 0.291 e. The number of hydrogen-bond donors (Lipinski definition) is 2. The second-order valence-corrected chi connectivity index (χ2v) is 14.8. The third kappa shape index (κ3) is 7.72.